The molecule has 0 aliphatic heterocycles. The topological polar surface area (TPSA) is 44.5 Å². The Bertz CT molecular complexity index is 582. The van der Waals surface area contributed by atoms with Gasteiger partial charge in [-0.15, -0.1) is 0 Å². The number of hydrogen-bond acceptors (Lipinski definition) is 3. The number of nitrogens with two attached hydrogens (primary N) is 1. The summed E-state index contributed by atoms with van der Waals surface area (Å²) in [5, 5.41) is 0.718. The number of rotatable bonds is 6. The minimum absolute atomic E-state index is 0.113. The zero-order valence-corrected chi connectivity index (χ0v) is 13.1. The Balaban J connectivity index is 2.11. The van der Waals surface area contributed by atoms with E-state index in [1.54, 1.807) is 7.11 Å². The Kier molecular flexibility index (Phi) is 5.48. The van der Waals surface area contributed by atoms with E-state index in [4.69, 9.17) is 26.8 Å². The lowest BCUT2D eigenvalue weighted by Crippen LogP contribution is -2.17. The van der Waals surface area contributed by atoms with Crippen LogP contribution in [0.4, 0.5) is 0 Å². The summed E-state index contributed by atoms with van der Waals surface area (Å²) in [6.45, 7) is 2.45. The molecule has 2 N–H and O–H groups in total. The molecule has 112 valence electrons. The molecule has 0 fully saturated rings. The fourth-order valence-electron chi connectivity index (χ4n) is 2.07. The normalized spacial score (nSPS) is 12.0. The SMILES string of the molecule is COc1ccc(CC(C)N)cc1OCc1ccc(Cl)cc1. The highest BCUT2D eigenvalue weighted by Crippen LogP contribution is 2.29. The molecule has 0 bridgehead atoms. The van der Waals surface area contributed by atoms with Crippen LogP contribution in [0.3, 0.4) is 0 Å². The number of halogens is 1. The zero-order valence-electron chi connectivity index (χ0n) is 12.3. The van der Waals surface area contributed by atoms with E-state index in [2.05, 4.69) is 0 Å². The number of hydrogen-bond donors (Lipinski definition) is 1. The van der Waals surface area contributed by atoms with Crippen LogP contribution in [0.25, 0.3) is 0 Å². The molecule has 0 radical (unpaired) electrons. The van der Waals surface area contributed by atoms with Gasteiger partial charge in [0.05, 0.1) is 7.11 Å². The fraction of sp³-hybridized carbons (Fsp3) is 0.294. The molecule has 0 aliphatic rings. The first-order valence-electron chi connectivity index (χ1n) is 6.88. The molecule has 0 aliphatic carbocycles. The van der Waals surface area contributed by atoms with Crippen LogP contribution in [-0.4, -0.2) is 13.2 Å². The zero-order chi connectivity index (χ0) is 15.2. The largest absolute Gasteiger partial charge is 0.493 e. The molecular weight excluding hydrogens is 286 g/mol. The molecular formula is C17H20ClNO2. The molecule has 0 saturated carbocycles. The number of benzene rings is 2. The summed E-state index contributed by atoms with van der Waals surface area (Å²) in [5.74, 6) is 1.45. The Morgan fingerprint density at radius 3 is 2.33 bits per heavy atom. The van der Waals surface area contributed by atoms with Crippen molar-refractivity contribution in [3.63, 3.8) is 0 Å². The van der Waals surface area contributed by atoms with Gasteiger partial charge in [-0.05, 0) is 48.7 Å². The standard InChI is InChI=1S/C17H20ClNO2/c1-12(19)9-14-5-8-16(20-2)17(10-14)21-11-13-3-6-15(18)7-4-13/h3-8,10,12H,9,11,19H2,1-2H3. The van der Waals surface area contributed by atoms with Crippen LogP contribution in [0.15, 0.2) is 42.5 Å². The van der Waals surface area contributed by atoms with Gasteiger partial charge in [0.2, 0.25) is 0 Å². The molecule has 1 atom stereocenters. The van der Waals surface area contributed by atoms with Crippen LogP contribution >= 0.6 is 11.6 Å². The first-order chi connectivity index (χ1) is 10.1. The van der Waals surface area contributed by atoms with E-state index < -0.39 is 0 Å². The first-order valence-corrected chi connectivity index (χ1v) is 7.26. The van der Waals surface area contributed by atoms with Crippen molar-refractivity contribution in [2.24, 2.45) is 5.73 Å². The van der Waals surface area contributed by atoms with Crippen LogP contribution in [0.1, 0.15) is 18.1 Å². The second kappa shape index (κ2) is 7.34. The van der Waals surface area contributed by atoms with Gasteiger partial charge in [-0.1, -0.05) is 29.8 Å². The van der Waals surface area contributed by atoms with Gasteiger partial charge in [-0.2, -0.15) is 0 Å². The molecule has 2 aromatic carbocycles. The summed E-state index contributed by atoms with van der Waals surface area (Å²) >= 11 is 5.87. The minimum Gasteiger partial charge on any atom is -0.493 e. The molecule has 1 unspecified atom stereocenters. The first kappa shape index (κ1) is 15.7. The van der Waals surface area contributed by atoms with Crippen molar-refractivity contribution in [1.29, 1.82) is 0 Å². The third kappa shape index (κ3) is 4.66. The molecule has 21 heavy (non-hydrogen) atoms. The van der Waals surface area contributed by atoms with Crippen LogP contribution in [0, 0.1) is 0 Å². The quantitative estimate of drug-likeness (QED) is 0.882. The maximum absolute atomic E-state index is 5.87. The maximum Gasteiger partial charge on any atom is 0.161 e. The van der Waals surface area contributed by atoms with E-state index in [-0.39, 0.29) is 6.04 Å². The van der Waals surface area contributed by atoms with Crippen LogP contribution in [-0.2, 0) is 13.0 Å². The van der Waals surface area contributed by atoms with Gasteiger partial charge in [-0.3, -0.25) is 0 Å². The second-order valence-electron chi connectivity index (χ2n) is 5.08. The Hall–Kier alpha value is -1.71. The highest BCUT2D eigenvalue weighted by atomic mass is 35.5. The summed E-state index contributed by atoms with van der Waals surface area (Å²) < 4.78 is 11.2. The summed E-state index contributed by atoms with van der Waals surface area (Å²) in [6, 6.07) is 13.6. The van der Waals surface area contributed by atoms with Gasteiger partial charge >= 0.3 is 0 Å². The van der Waals surface area contributed by atoms with E-state index in [0.717, 1.165) is 34.1 Å². The predicted molar refractivity (Wildman–Crippen MR) is 86.1 cm³/mol. The highest BCUT2D eigenvalue weighted by molar-refractivity contribution is 6.30. The van der Waals surface area contributed by atoms with Crippen molar-refractivity contribution in [3.05, 3.63) is 58.6 Å². The Morgan fingerprint density at radius 1 is 1.05 bits per heavy atom. The Labute approximate surface area is 130 Å². The van der Waals surface area contributed by atoms with Gasteiger partial charge in [0.25, 0.3) is 0 Å². The second-order valence-corrected chi connectivity index (χ2v) is 5.52. The van der Waals surface area contributed by atoms with Crippen LogP contribution in [0.5, 0.6) is 11.5 Å². The molecule has 0 spiro atoms. The monoisotopic (exact) mass is 305 g/mol. The average molecular weight is 306 g/mol. The summed E-state index contributed by atoms with van der Waals surface area (Å²) in [4.78, 5) is 0. The molecule has 0 saturated heterocycles. The number of ether oxygens (including phenoxy) is 2. The van der Waals surface area contributed by atoms with Crippen molar-refractivity contribution in [2.75, 3.05) is 7.11 Å². The minimum atomic E-state index is 0.113. The fourth-order valence-corrected chi connectivity index (χ4v) is 2.20. The molecule has 4 heteroatoms. The lowest BCUT2D eigenvalue weighted by Gasteiger charge is -2.13. The lowest BCUT2D eigenvalue weighted by molar-refractivity contribution is 0.284. The average Bonchev–Trinajstić information content (AvgIpc) is 2.46. The van der Waals surface area contributed by atoms with Crippen molar-refractivity contribution in [3.8, 4) is 11.5 Å². The summed E-state index contributed by atoms with van der Waals surface area (Å²) in [6.07, 6.45) is 0.807. The van der Waals surface area contributed by atoms with E-state index in [9.17, 15) is 0 Å². The van der Waals surface area contributed by atoms with Crippen molar-refractivity contribution < 1.29 is 9.47 Å². The summed E-state index contributed by atoms with van der Waals surface area (Å²) in [5.41, 5.74) is 8.03. The van der Waals surface area contributed by atoms with Crippen LogP contribution < -0.4 is 15.2 Å². The smallest absolute Gasteiger partial charge is 0.161 e. The third-order valence-electron chi connectivity index (χ3n) is 3.09. The molecule has 0 aromatic heterocycles. The molecule has 2 aromatic rings. The van der Waals surface area contributed by atoms with E-state index in [1.807, 2.05) is 49.4 Å². The van der Waals surface area contributed by atoms with Crippen molar-refractivity contribution in [1.82, 2.24) is 0 Å². The predicted octanol–water partition coefficient (Wildman–Crippen LogP) is 3.82. The van der Waals surface area contributed by atoms with Crippen molar-refractivity contribution in [2.45, 2.75) is 26.0 Å². The van der Waals surface area contributed by atoms with Gasteiger partial charge < -0.3 is 15.2 Å². The van der Waals surface area contributed by atoms with E-state index in [1.165, 1.54) is 0 Å². The van der Waals surface area contributed by atoms with Gasteiger partial charge in [0, 0.05) is 11.1 Å². The van der Waals surface area contributed by atoms with Crippen LogP contribution in [0.2, 0.25) is 5.02 Å². The molecule has 0 amide bonds. The van der Waals surface area contributed by atoms with E-state index in [0.29, 0.717) is 6.61 Å². The van der Waals surface area contributed by atoms with Gasteiger partial charge in [0.1, 0.15) is 6.61 Å². The maximum atomic E-state index is 5.87. The van der Waals surface area contributed by atoms with Gasteiger partial charge in [-0.25, -0.2) is 0 Å². The van der Waals surface area contributed by atoms with Crippen molar-refractivity contribution >= 4 is 11.6 Å². The molecule has 3 nitrogen and oxygen atoms in total. The van der Waals surface area contributed by atoms with Gasteiger partial charge in [0.15, 0.2) is 11.5 Å². The molecule has 2 rings (SSSR count). The third-order valence-corrected chi connectivity index (χ3v) is 3.35. The summed E-state index contributed by atoms with van der Waals surface area (Å²) in [7, 11) is 1.63. The highest BCUT2D eigenvalue weighted by Gasteiger charge is 2.07. The number of methoxy groups -OCH3 is 1. The Morgan fingerprint density at radius 2 is 1.71 bits per heavy atom. The molecule has 0 heterocycles. The lowest BCUT2D eigenvalue weighted by atomic mass is 10.1. The van der Waals surface area contributed by atoms with E-state index >= 15 is 0 Å².